The summed E-state index contributed by atoms with van der Waals surface area (Å²) in [6.45, 7) is 2.80. The molecule has 3 aromatic carbocycles. The van der Waals surface area contributed by atoms with Crippen molar-refractivity contribution in [3.05, 3.63) is 88.4 Å². The van der Waals surface area contributed by atoms with Crippen molar-refractivity contribution < 1.29 is 28.5 Å². The minimum absolute atomic E-state index is 0.285. The van der Waals surface area contributed by atoms with Gasteiger partial charge in [0.15, 0.2) is 0 Å². The molecule has 0 unspecified atom stereocenters. The molecule has 6 nitrogen and oxygen atoms in total. The van der Waals surface area contributed by atoms with Crippen LogP contribution in [0.5, 0.6) is 17.2 Å². The Bertz CT molecular complexity index is 1020. The first-order valence-electron chi connectivity index (χ1n) is 9.66. The first-order valence-corrected chi connectivity index (χ1v) is 10.5. The van der Waals surface area contributed by atoms with Crippen molar-refractivity contribution in [3.8, 4) is 17.2 Å². The third-order valence-corrected chi connectivity index (χ3v) is 4.72. The molecular formula is C24H21BrO6. The van der Waals surface area contributed by atoms with Crippen molar-refractivity contribution in [2.45, 2.75) is 6.92 Å². The highest BCUT2D eigenvalue weighted by Crippen LogP contribution is 2.27. The van der Waals surface area contributed by atoms with E-state index in [2.05, 4.69) is 15.9 Å². The summed E-state index contributed by atoms with van der Waals surface area (Å²) in [5.41, 5.74) is 0.737. The van der Waals surface area contributed by atoms with Crippen LogP contribution in [0.1, 0.15) is 27.6 Å². The monoisotopic (exact) mass is 484 g/mol. The molecule has 0 aromatic heterocycles. The average molecular weight is 485 g/mol. The van der Waals surface area contributed by atoms with E-state index in [1.165, 1.54) is 0 Å². The molecule has 0 saturated heterocycles. The molecule has 160 valence electrons. The Morgan fingerprint density at radius 3 is 2.00 bits per heavy atom. The van der Waals surface area contributed by atoms with E-state index in [1.807, 2.05) is 30.3 Å². The Balaban J connectivity index is 1.51. The Morgan fingerprint density at radius 2 is 1.39 bits per heavy atom. The fourth-order valence-corrected chi connectivity index (χ4v) is 3.07. The summed E-state index contributed by atoms with van der Waals surface area (Å²) in [5, 5.41) is 0. The molecule has 0 amide bonds. The molecule has 0 radical (unpaired) electrons. The minimum atomic E-state index is -0.524. The van der Waals surface area contributed by atoms with E-state index in [0.717, 1.165) is 5.75 Å². The number of benzene rings is 3. The average Bonchev–Trinajstić information content (AvgIpc) is 2.79. The van der Waals surface area contributed by atoms with Gasteiger partial charge in [0.25, 0.3) is 0 Å². The molecule has 0 aliphatic heterocycles. The number of halogens is 1. The van der Waals surface area contributed by atoms with E-state index in [-0.39, 0.29) is 6.61 Å². The third kappa shape index (κ3) is 6.58. The number of para-hydroxylation sites is 1. The van der Waals surface area contributed by atoms with Gasteiger partial charge in [-0.3, -0.25) is 0 Å². The summed E-state index contributed by atoms with van der Waals surface area (Å²) in [6.07, 6.45) is 0. The maximum Gasteiger partial charge on any atom is 0.343 e. The fourth-order valence-electron chi connectivity index (χ4n) is 2.61. The lowest BCUT2D eigenvalue weighted by molar-refractivity contribution is 0.0526. The van der Waals surface area contributed by atoms with Crippen LogP contribution in [0.2, 0.25) is 0 Å². The Kier molecular flexibility index (Phi) is 8.06. The van der Waals surface area contributed by atoms with Gasteiger partial charge in [0.1, 0.15) is 30.5 Å². The molecule has 0 spiro atoms. The second-order valence-electron chi connectivity index (χ2n) is 6.29. The predicted molar refractivity (Wildman–Crippen MR) is 119 cm³/mol. The number of ether oxygens (including phenoxy) is 4. The van der Waals surface area contributed by atoms with Crippen LogP contribution in [-0.4, -0.2) is 31.8 Å². The van der Waals surface area contributed by atoms with Gasteiger partial charge in [-0.15, -0.1) is 0 Å². The van der Waals surface area contributed by atoms with Gasteiger partial charge in [-0.25, -0.2) is 9.59 Å². The summed E-state index contributed by atoms with van der Waals surface area (Å²) >= 11 is 3.31. The molecule has 0 fully saturated rings. The maximum absolute atomic E-state index is 12.4. The predicted octanol–water partition coefficient (Wildman–Crippen LogP) is 5.30. The van der Waals surface area contributed by atoms with Gasteiger partial charge in [-0.05, 0) is 77.5 Å². The van der Waals surface area contributed by atoms with Crippen molar-refractivity contribution in [1.29, 1.82) is 0 Å². The SMILES string of the molecule is CCOC(=O)c1ccc(OC(=O)c2ccc(OCCOc3ccccc3)cc2)c(Br)c1. The highest BCUT2D eigenvalue weighted by Gasteiger charge is 2.14. The normalized spacial score (nSPS) is 10.3. The number of hydrogen-bond acceptors (Lipinski definition) is 6. The lowest BCUT2D eigenvalue weighted by Gasteiger charge is -2.10. The first-order chi connectivity index (χ1) is 15.1. The van der Waals surface area contributed by atoms with E-state index >= 15 is 0 Å². The van der Waals surface area contributed by atoms with E-state index in [0.29, 0.717) is 40.3 Å². The quantitative estimate of drug-likeness (QED) is 0.233. The number of esters is 2. The first kappa shape index (κ1) is 22.4. The molecule has 0 bridgehead atoms. The van der Waals surface area contributed by atoms with Gasteiger partial charge < -0.3 is 18.9 Å². The highest BCUT2D eigenvalue weighted by molar-refractivity contribution is 9.10. The Hall–Kier alpha value is -3.32. The van der Waals surface area contributed by atoms with Crippen LogP contribution in [0, 0.1) is 0 Å². The molecule has 0 aliphatic rings. The number of carbonyl (C=O) groups is 2. The Morgan fingerprint density at radius 1 is 0.774 bits per heavy atom. The lowest BCUT2D eigenvalue weighted by Crippen LogP contribution is -2.11. The van der Waals surface area contributed by atoms with E-state index in [4.69, 9.17) is 18.9 Å². The summed E-state index contributed by atoms with van der Waals surface area (Å²) in [7, 11) is 0. The van der Waals surface area contributed by atoms with E-state index < -0.39 is 11.9 Å². The topological polar surface area (TPSA) is 71.1 Å². The van der Waals surface area contributed by atoms with Gasteiger partial charge >= 0.3 is 11.9 Å². The van der Waals surface area contributed by atoms with E-state index in [9.17, 15) is 9.59 Å². The van der Waals surface area contributed by atoms with E-state index in [1.54, 1.807) is 49.4 Å². The third-order valence-electron chi connectivity index (χ3n) is 4.10. The minimum Gasteiger partial charge on any atom is -0.490 e. The molecule has 31 heavy (non-hydrogen) atoms. The maximum atomic E-state index is 12.4. The van der Waals surface area contributed by atoms with Crippen LogP contribution in [0.25, 0.3) is 0 Å². The van der Waals surface area contributed by atoms with Crippen molar-refractivity contribution >= 4 is 27.9 Å². The zero-order chi connectivity index (χ0) is 22.1. The molecule has 3 rings (SSSR count). The fraction of sp³-hybridized carbons (Fsp3) is 0.167. The lowest BCUT2D eigenvalue weighted by atomic mass is 10.2. The van der Waals surface area contributed by atoms with Crippen molar-refractivity contribution in [2.75, 3.05) is 19.8 Å². The smallest absolute Gasteiger partial charge is 0.343 e. The van der Waals surface area contributed by atoms with Crippen LogP contribution in [0.3, 0.4) is 0 Å². The van der Waals surface area contributed by atoms with Crippen LogP contribution < -0.4 is 14.2 Å². The van der Waals surface area contributed by atoms with Crippen LogP contribution >= 0.6 is 15.9 Å². The van der Waals surface area contributed by atoms with Gasteiger partial charge in [-0.2, -0.15) is 0 Å². The van der Waals surface area contributed by atoms with Crippen molar-refractivity contribution in [3.63, 3.8) is 0 Å². The second kappa shape index (κ2) is 11.2. The zero-order valence-electron chi connectivity index (χ0n) is 16.9. The van der Waals surface area contributed by atoms with Crippen LogP contribution in [-0.2, 0) is 4.74 Å². The number of rotatable bonds is 9. The molecule has 0 atom stereocenters. The summed E-state index contributed by atoms with van der Waals surface area (Å²) in [5.74, 6) is 0.740. The summed E-state index contributed by atoms with van der Waals surface area (Å²) in [4.78, 5) is 24.2. The van der Waals surface area contributed by atoms with Crippen molar-refractivity contribution in [2.24, 2.45) is 0 Å². The zero-order valence-corrected chi connectivity index (χ0v) is 18.5. The standard InChI is InChI=1S/C24H21BrO6/c1-2-28-23(26)18-10-13-22(21(25)16-18)31-24(27)17-8-11-20(12-9-17)30-15-14-29-19-6-4-3-5-7-19/h3-13,16H,2,14-15H2,1H3. The molecule has 0 N–H and O–H groups in total. The van der Waals surface area contributed by atoms with Crippen LogP contribution in [0.4, 0.5) is 0 Å². The van der Waals surface area contributed by atoms with Crippen LogP contribution in [0.15, 0.2) is 77.3 Å². The number of hydrogen-bond donors (Lipinski definition) is 0. The second-order valence-corrected chi connectivity index (χ2v) is 7.14. The molecule has 0 saturated carbocycles. The number of carbonyl (C=O) groups excluding carboxylic acids is 2. The molecule has 0 heterocycles. The molecule has 7 heteroatoms. The molecule has 3 aromatic rings. The Labute approximate surface area is 188 Å². The summed E-state index contributed by atoms with van der Waals surface area (Å²) < 4.78 is 22.0. The van der Waals surface area contributed by atoms with Gasteiger partial charge in [0.05, 0.1) is 22.2 Å². The van der Waals surface area contributed by atoms with Gasteiger partial charge in [0, 0.05) is 0 Å². The largest absolute Gasteiger partial charge is 0.490 e. The molecular weight excluding hydrogens is 464 g/mol. The van der Waals surface area contributed by atoms with Gasteiger partial charge in [-0.1, -0.05) is 18.2 Å². The van der Waals surface area contributed by atoms with Gasteiger partial charge in [0.2, 0.25) is 0 Å². The highest BCUT2D eigenvalue weighted by atomic mass is 79.9. The molecule has 0 aliphatic carbocycles. The summed E-state index contributed by atoms with van der Waals surface area (Å²) in [6, 6.07) is 20.7. The van der Waals surface area contributed by atoms with Crippen molar-refractivity contribution in [1.82, 2.24) is 0 Å².